The Kier molecular flexibility index (Phi) is 33.6. The Balaban J connectivity index is 0.000000114. The molecule has 0 aromatic rings. The van der Waals surface area contributed by atoms with Crippen molar-refractivity contribution in [2.24, 2.45) is 207 Å². The molecule has 24 rings (SSSR count). The summed E-state index contributed by atoms with van der Waals surface area (Å²) in [7, 11) is 0. The molecule has 3 N–H and O–H groups in total. The molecule has 9 nitrogen and oxygen atoms in total. The van der Waals surface area contributed by atoms with Gasteiger partial charge in [-0.1, -0.05) is 177 Å². The summed E-state index contributed by atoms with van der Waals surface area (Å²) in [6, 6.07) is 0. The molecule has 18 fully saturated rings. The van der Waals surface area contributed by atoms with E-state index in [1.54, 1.807) is 45.6 Å². The zero-order chi connectivity index (χ0) is 106. The smallest absolute Gasteiger partial charge is 0.159 e. The molecule has 814 valence electrons. The first-order valence-corrected chi connectivity index (χ1v) is 71.0. The minimum absolute atomic E-state index is 0.0526. The number of halogens is 3. The predicted octanol–water partition coefficient (Wildman–Crippen LogP) is 35.3. The molecule has 18 saturated carbocycles. The van der Waals surface area contributed by atoms with Gasteiger partial charge in [0.25, 0.3) is 0 Å². The number of ketones is 6. The Morgan fingerprint density at radius 3 is 0.912 bits per heavy atom. The van der Waals surface area contributed by atoms with Crippen LogP contribution in [0.25, 0.3) is 0 Å². The van der Waals surface area contributed by atoms with Crippen molar-refractivity contribution < 1.29 is 44.1 Å². The number of carbonyl (C=O) groups excluding carboxylic acids is 6. The molecule has 0 aromatic heterocycles. The fourth-order valence-electron chi connectivity index (χ4n) is 43.6. The summed E-state index contributed by atoms with van der Waals surface area (Å²) < 4.78 is -0.612. The van der Waals surface area contributed by atoms with Gasteiger partial charge in [-0.15, -0.1) is 13.2 Å². The molecule has 0 aliphatic heterocycles. The van der Waals surface area contributed by atoms with Crippen molar-refractivity contribution in [3.05, 3.63) is 130 Å². The van der Waals surface area contributed by atoms with E-state index in [2.05, 4.69) is 265 Å². The van der Waals surface area contributed by atoms with Crippen LogP contribution in [0.5, 0.6) is 0 Å². The molecule has 0 heterocycles. The van der Waals surface area contributed by atoms with Crippen molar-refractivity contribution in [1.29, 1.82) is 0 Å². The Bertz CT molecular complexity index is 5400. The fourth-order valence-corrected chi connectivity index (χ4v) is 43.6. The van der Waals surface area contributed by atoms with Crippen molar-refractivity contribution in [1.82, 2.24) is 0 Å². The van der Waals surface area contributed by atoms with Crippen molar-refractivity contribution in [2.45, 2.75) is 452 Å². The summed E-state index contributed by atoms with van der Waals surface area (Å²) >= 11 is 7.41. The molecular weight excluding hydrogens is 2170 g/mol. The third-order valence-corrected chi connectivity index (χ3v) is 57.9. The van der Waals surface area contributed by atoms with E-state index in [4.69, 9.17) is 0 Å². The third kappa shape index (κ3) is 19.9. The molecular formula is C134H198I3O9P. The van der Waals surface area contributed by atoms with Gasteiger partial charge < -0.3 is 15.3 Å². The lowest BCUT2D eigenvalue weighted by Gasteiger charge is -2.58. The third-order valence-electron chi connectivity index (χ3n) is 52.3. The Morgan fingerprint density at radius 2 is 0.578 bits per heavy atom. The van der Waals surface area contributed by atoms with Crippen molar-refractivity contribution >= 4 is 106 Å². The Hall–Kier alpha value is -2.47. The van der Waals surface area contributed by atoms with Gasteiger partial charge in [-0.2, -0.15) is 0 Å². The van der Waals surface area contributed by atoms with Crippen molar-refractivity contribution in [3.63, 3.8) is 0 Å². The summed E-state index contributed by atoms with van der Waals surface area (Å²) in [5.74, 6) is 21.6. The van der Waals surface area contributed by atoms with Gasteiger partial charge in [0.15, 0.2) is 28.9 Å². The van der Waals surface area contributed by atoms with E-state index in [1.165, 1.54) is 198 Å². The van der Waals surface area contributed by atoms with Crippen LogP contribution in [0.3, 0.4) is 0 Å². The van der Waals surface area contributed by atoms with Crippen molar-refractivity contribution in [3.8, 4) is 0 Å². The number of aliphatic hydroxyl groups excluding tert-OH is 3. The number of Topliss-reactive ketones (excluding diaryl/α,β-unsaturated/α-hetero) is 3. The molecule has 13 heteroatoms. The van der Waals surface area contributed by atoms with E-state index in [1.807, 2.05) is 13.0 Å². The first-order chi connectivity index (χ1) is 69.4. The van der Waals surface area contributed by atoms with Gasteiger partial charge >= 0.3 is 0 Å². The van der Waals surface area contributed by atoms with E-state index >= 15 is 0 Å². The van der Waals surface area contributed by atoms with Crippen LogP contribution in [0.15, 0.2) is 130 Å². The van der Waals surface area contributed by atoms with E-state index in [0.717, 1.165) is 177 Å². The van der Waals surface area contributed by atoms with Crippen LogP contribution in [0.1, 0.15) is 434 Å². The second-order valence-electron chi connectivity index (χ2n) is 57.4. The highest BCUT2D eigenvalue weighted by atomic mass is 127. The lowest BCUT2D eigenvalue weighted by Crippen LogP contribution is -2.52. The number of hydrogen-bond acceptors (Lipinski definition) is 9. The maximum Gasteiger partial charge on any atom is 0.159 e. The standard InChI is InChI=1S/C23H32O2.C23H36O.C23H34O.C21H32O2.C21H28O2.C21H32O.C2H4I3P/c1-5-14(2)17-6-7-18-16-13-21(25)20-12-15(24)8-10-23(20,4)19(16)9-11-22(17,18)3;2*1-5-15(2)19-8-9-20-18-7-6-16-14-17(24)10-12-22(16,3)21(18)11-13-23(19,20)4;1-13(22)17-6-7-18-16-5-4-14-12-15(23)8-10-20(14,2)19(16)9-11-21(17,18)3;1-4-13-5-6-16-15-12-19(23)18-11-14(22)7-9-21(18,3)17(15)8-10-20(13,16)2;1-4-14-6-8-18-17-7-5-15-13-16(22)9-11-21(15,3)19(17)10-12-20(14,18)2;1-2-6(3,4)5/h5,12,16-19H,6-11,13H2,1-4H3;5-6,17-21,24H,7-14H2,1-4H3;5,14,18-21H,6-13H2,1-4H3;4,15-19,23H,5-12H2,1-3H3;4,11,13,15-17H,1,5-10,12H2,2-3H3;4-5,14,16-19,22H,1,6-13H2,2-3H3;2H,1H3. The number of allylic oxidation sites excluding steroid dienone is 14. The van der Waals surface area contributed by atoms with Gasteiger partial charge in [0.1, 0.15) is 5.78 Å². The van der Waals surface area contributed by atoms with Crippen LogP contribution < -0.4 is 0 Å². The topological polar surface area (TPSA) is 163 Å². The minimum atomic E-state index is -0.612. The van der Waals surface area contributed by atoms with E-state index in [-0.39, 0.29) is 57.7 Å². The van der Waals surface area contributed by atoms with Crippen LogP contribution in [-0.2, 0) is 28.8 Å². The molecule has 147 heavy (non-hydrogen) atoms. The lowest BCUT2D eigenvalue weighted by molar-refractivity contribution is -0.131. The van der Waals surface area contributed by atoms with Gasteiger partial charge in [0.05, 0.1) is 18.1 Å². The molecule has 39 unspecified atom stereocenters. The van der Waals surface area contributed by atoms with Crippen LogP contribution >= 0.6 is 65.9 Å². The van der Waals surface area contributed by atoms with Crippen LogP contribution in [0.4, 0.5) is 0 Å². The van der Waals surface area contributed by atoms with Gasteiger partial charge in [0, 0.05) is 49.2 Å². The normalized spacial score (nSPS) is 48.7. The van der Waals surface area contributed by atoms with E-state index in [0.29, 0.717) is 139 Å². The highest BCUT2D eigenvalue weighted by Gasteiger charge is 2.68. The molecule has 0 spiro atoms. The largest absolute Gasteiger partial charge is 0.393 e. The van der Waals surface area contributed by atoms with Crippen LogP contribution in [-0.4, -0.2) is 74.1 Å². The first-order valence-electron chi connectivity index (χ1n) is 60.8. The molecule has 24 aliphatic carbocycles. The summed E-state index contributed by atoms with van der Waals surface area (Å²) in [6.45, 7) is 55.5. The summed E-state index contributed by atoms with van der Waals surface area (Å²) in [5, 5.41) is 30.3. The van der Waals surface area contributed by atoms with Crippen molar-refractivity contribution in [2.75, 3.05) is 0 Å². The van der Waals surface area contributed by atoms with Gasteiger partial charge in [0.2, 0.25) is 0 Å². The zero-order valence-electron chi connectivity index (χ0n) is 95.3. The van der Waals surface area contributed by atoms with Crippen LogP contribution in [0, 0.1) is 207 Å². The Labute approximate surface area is 931 Å². The number of aliphatic hydroxyl groups is 3. The second kappa shape index (κ2) is 43.3. The molecule has 24 aliphatic rings. The SMILES string of the molecule is C=CC1CCC2C3CC(=O)C4=CC(=O)CCC4(C)C3CCC12C.C=CC1CCC2C3CC=C4CC(O)CCC4(C)C3CCC12C.CC(=O)C1CCC2C3CC=C4CC(O)CCC4(C)C3CCC12C.CC=C(C)C1CCC2C3CC(=O)C4=CC(=O)CCC4(C)C3CCC12C.CC=C(C)C1CCC2C3CC=C4CC(O)CCC4(C)C3CCC12C.CC=C(C)C1CCC2C3CCC4=CC(=O)CCC4(C)C3CCC12C.CC=P(I)(I)I. The van der Waals surface area contributed by atoms with E-state index in [9.17, 15) is 44.1 Å². The lowest BCUT2D eigenvalue weighted by atomic mass is 9.46. The highest BCUT2D eigenvalue weighted by Crippen LogP contribution is 2.76. The Morgan fingerprint density at radius 1 is 0.306 bits per heavy atom. The van der Waals surface area contributed by atoms with Crippen LogP contribution in [0.2, 0.25) is 0 Å². The predicted molar refractivity (Wildman–Crippen MR) is 635 cm³/mol. The number of hydrogen-bond donors (Lipinski definition) is 3. The number of rotatable bonds is 6. The zero-order valence-corrected chi connectivity index (χ0v) is 103. The van der Waals surface area contributed by atoms with E-state index < -0.39 is -0.186 Å². The molecule has 0 bridgehead atoms. The second-order valence-corrected chi connectivity index (χ2v) is 89.2. The minimum Gasteiger partial charge on any atom is -0.393 e. The molecule has 0 aromatic carbocycles. The maximum atomic E-state index is 13.0. The number of fused-ring (bicyclic) bond motifs is 30. The van der Waals surface area contributed by atoms with Gasteiger partial charge in [-0.05, 0) is 604 Å². The highest BCUT2D eigenvalue weighted by molar-refractivity contribution is 14.4. The molecule has 39 atom stereocenters. The monoisotopic (exact) mass is 2360 g/mol. The molecule has 0 amide bonds. The summed E-state index contributed by atoms with van der Waals surface area (Å²) in [6.07, 6.45) is 77.7. The average Bonchev–Trinajstić information content (AvgIpc) is 1.67. The fraction of sp³-hybridized carbons (Fsp3) is 0.784. The first kappa shape index (κ1) is 114. The average molecular weight is 2360 g/mol. The van der Waals surface area contributed by atoms with Gasteiger partial charge in [-0.25, -0.2) is 0 Å². The van der Waals surface area contributed by atoms with Gasteiger partial charge in [-0.3, -0.25) is 28.8 Å². The molecule has 0 saturated heterocycles. The summed E-state index contributed by atoms with van der Waals surface area (Å²) in [4.78, 5) is 73.6. The summed E-state index contributed by atoms with van der Waals surface area (Å²) in [5.41, 5.74) is 16.6. The molecule has 0 radical (unpaired) electrons. The quantitative estimate of drug-likeness (QED) is 0.133. The number of carbonyl (C=O) groups is 6. The maximum absolute atomic E-state index is 13.0.